The number of ether oxygens (including phenoxy) is 1. The highest BCUT2D eigenvalue weighted by Gasteiger charge is 2.25. The maximum absolute atomic E-state index is 11.7. The smallest absolute Gasteiger partial charge is 0.408 e. The predicted molar refractivity (Wildman–Crippen MR) is 85.0 cm³/mol. The summed E-state index contributed by atoms with van der Waals surface area (Å²) in [6, 6.07) is 2.19. The Hall–Kier alpha value is -1.76. The second kappa shape index (κ2) is 7.00. The van der Waals surface area contributed by atoms with Gasteiger partial charge in [-0.25, -0.2) is 9.59 Å². The zero-order chi connectivity index (χ0) is 17.1. The molecule has 22 heavy (non-hydrogen) atoms. The predicted octanol–water partition coefficient (Wildman–Crippen LogP) is 2.98. The van der Waals surface area contributed by atoms with E-state index in [1.165, 1.54) is 0 Å². The molecule has 0 saturated carbocycles. The average molecular weight is 374 g/mol. The molecular formula is C15H20BrNO5. The van der Waals surface area contributed by atoms with Gasteiger partial charge in [0.15, 0.2) is 0 Å². The molecule has 0 spiro atoms. The number of nitrogens with one attached hydrogen (secondary N) is 1. The van der Waals surface area contributed by atoms with Gasteiger partial charge in [0.2, 0.25) is 0 Å². The molecule has 1 unspecified atom stereocenters. The van der Waals surface area contributed by atoms with Crippen molar-refractivity contribution in [1.82, 2.24) is 5.32 Å². The van der Waals surface area contributed by atoms with Crippen LogP contribution in [0.15, 0.2) is 16.6 Å². The SMILES string of the molecule is Cc1cc(Br)c(O)c(CC(NC(=O)OC(C)(C)C)C(=O)O)c1. The van der Waals surface area contributed by atoms with Crippen LogP contribution in [-0.4, -0.2) is 33.9 Å². The van der Waals surface area contributed by atoms with Gasteiger partial charge in [-0.2, -0.15) is 0 Å². The molecule has 0 bridgehead atoms. The maximum Gasteiger partial charge on any atom is 0.408 e. The highest BCUT2D eigenvalue weighted by Crippen LogP contribution is 2.30. The first kappa shape index (κ1) is 18.3. The van der Waals surface area contributed by atoms with Gasteiger partial charge in [-0.05, 0) is 60.8 Å². The number of halogens is 1. The number of benzene rings is 1. The molecule has 122 valence electrons. The van der Waals surface area contributed by atoms with Crippen LogP contribution in [0.25, 0.3) is 0 Å². The lowest BCUT2D eigenvalue weighted by Crippen LogP contribution is -2.44. The van der Waals surface area contributed by atoms with Gasteiger partial charge in [0.25, 0.3) is 0 Å². The lowest BCUT2D eigenvalue weighted by Gasteiger charge is -2.22. The zero-order valence-corrected chi connectivity index (χ0v) is 14.5. The Morgan fingerprint density at radius 2 is 1.95 bits per heavy atom. The van der Waals surface area contributed by atoms with Crippen molar-refractivity contribution in [3.63, 3.8) is 0 Å². The fourth-order valence-electron chi connectivity index (χ4n) is 1.83. The minimum Gasteiger partial charge on any atom is -0.506 e. The number of carbonyl (C=O) groups is 2. The van der Waals surface area contributed by atoms with Crippen molar-refractivity contribution < 1.29 is 24.5 Å². The lowest BCUT2D eigenvalue weighted by atomic mass is 10.0. The fraction of sp³-hybridized carbons (Fsp3) is 0.467. The largest absolute Gasteiger partial charge is 0.506 e. The highest BCUT2D eigenvalue weighted by molar-refractivity contribution is 9.10. The summed E-state index contributed by atoms with van der Waals surface area (Å²) in [6.45, 7) is 6.88. The molecule has 0 aliphatic heterocycles. The number of amides is 1. The van der Waals surface area contributed by atoms with E-state index in [9.17, 15) is 19.8 Å². The molecular weight excluding hydrogens is 354 g/mol. The second-order valence-corrected chi connectivity index (χ2v) is 6.85. The number of hydrogen-bond acceptors (Lipinski definition) is 4. The third-order valence-corrected chi connectivity index (χ3v) is 3.30. The Kier molecular flexibility index (Phi) is 5.82. The molecule has 0 heterocycles. The molecule has 6 nitrogen and oxygen atoms in total. The van der Waals surface area contributed by atoms with Gasteiger partial charge < -0.3 is 20.3 Å². The first-order valence-electron chi connectivity index (χ1n) is 6.70. The van der Waals surface area contributed by atoms with Crippen LogP contribution >= 0.6 is 15.9 Å². The molecule has 1 aromatic rings. The summed E-state index contributed by atoms with van der Waals surface area (Å²) in [4.78, 5) is 23.0. The van der Waals surface area contributed by atoms with Crippen LogP contribution in [0.5, 0.6) is 5.75 Å². The van der Waals surface area contributed by atoms with Gasteiger partial charge >= 0.3 is 12.1 Å². The third kappa shape index (κ3) is 5.55. The van der Waals surface area contributed by atoms with Crippen molar-refractivity contribution in [2.45, 2.75) is 45.8 Å². The van der Waals surface area contributed by atoms with Crippen molar-refractivity contribution in [2.75, 3.05) is 0 Å². The minimum atomic E-state index is -1.21. The van der Waals surface area contributed by atoms with Crippen LogP contribution in [0.3, 0.4) is 0 Å². The van der Waals surface area contributed by atoms with Gasteiger partial charge in [-0.1, -0.05) is 6.07 Å². The summed E-state index contributed by atoms with van der Waals surface area (Å²) in [5.74, 6) is -1.24. The summed E-state index contributed by atoms with van der Waals surface area (Å²) < 4.78 is 5.52. The van der Waals surface area contributed by atoms with E-state index in [-0.39, 0.29) is 12.2 Å². The Bertz CT molecular complexity index is 580. The second-order valence-electron chi connectivity index (χ2n) is 6.00. The van der Waals surface area contributed by atoms with Crippen molar-refractivity contribution in [1.29, 1.82) is 0 Å². The number of rotatable bonds is 4. The Morgan fingerprint density at radius 3 is 2.45 bits per heavy atom. The van der Waals surface area contributed by atoms with E-state index in [0.29, 0.717) is 10.0 Å². The van der Waals surface area contributed by atoms with E-state index >= 15 is 0 Å². The molecule has 0 aliphatic rings. The summed E-state index contributed by atoms with van der Waals surface area (Å²) in [5.41, 5.74) is 0.568. The van der Waals surface area contributed by atoms with Crippen LogP contribution < -0.4 is 5.32 Å². The zero-order valence-electron chi connectivity index (χ0n) is 12.9. The number of aliphatic carboxylic acids is 1. The number of carboxylic acids is 1. The van der Waals surface area contributed by atoms with Gasteiger partial charge in [0.1, 0.15) is 17.4 Å². The van der Waals surface area contributed by atoms with Crippen LogP contribution in [0, 0.1) is 6.92 Å². The summed E-state index contributed by atoms with van der Waals surface area (Å²) in [5, 5.41) is 21.5. The Labute approximate surface area is 137 Å². The maximum atomic E-state index is 11.7. The molecule has 0 radical (unpaired) electrons. The van der Waals surface area contributed by atoms with Gasteiger partial charge in [0, 0.05) is 6.42 Å². The number of aryl methyl sites for hydroxylation is 1. The molecule has 0 aromatic heterocycles. The quantitative estimate of drug-likeness (QED) is 0.753. The average Bonchev–Trinajstić information content (AvgIpc) is 2.31. The highest BCUT2D eigenvalue weighted by atomic mass is 79.9. The standard InChI is InChI=1S/C15H20BrNO5/c1-8-5-9(12(18)10(16)6-8)7-11(13(19)20)17-14(21)22-15(2,3)4/h5-6,11,18H,7H2,1-4H3,(H,17,21)(H,19,20). The topological polar surface area (TPSA) is 95.9 Å². The summed E-state index contributed by atoms with van der Waals surface area (Å²) in [6.07, 6.45) is -0.869. The molecule has 1 atom stereocenters. The molecule has 0 fully saturated rings. The van der Waals surface area contributed by atoms with E-state index in [1.54, 1.807) is 32.9 Å². The van der Waals surface area contributed by atoms with Crippen LogP contribution in [0.4, 0.5) is 4.79 Å². The van der Waals surface area contributed by atoms with Crippen molar-refractivity contribution in [3.8, 4) is 5.75 Å². The van der Waals surface area contributed by atoms with E-state index in [1.807, 2.05) is 6.92 Å². The van der Waals surface area contributed by atoms with Gasteiger partial charge in [-0.15, -0.1) is 0 Å². The van der Waals surface area contributed by atoms with E-state index < -0.39 is 23.7 Å². The first-order chi connectivity index (χ1) is 9.99. The molecule has 0 aliphatic carbocycles. The number of hydrogen-bond donors (Lipinski definition) is 3. The number of aromatic hydroxyl groups is 1. The molecule has 1 aromatic carbocycles. The monoisotopic (exact) mass is 373 g/mol. The van der Waals surface area contributed by atoms with E-state index in [4.69, 9.17) is 4.74 Å². The fourth-order valence-corrected chi connectivity index (χ4v) is 2.45. The number of phenolic OH excluding ortho intramolecular Hbond substituents is 1. The van der Waals surface area contributed by atoms with Crippen LogP contribution in [0.2, 0.25) is 0 Å². The number of carboxylic acid groups (broad SMARTS) is 1. The minimum absolute atomic E-state index is 0.0390. The molecule has 3 N–H and O–H groups in total. The van der Waals surface area contributed by atoms with Crippen molar-refractivity contribution >= 4 is 28.0 Å². The van der Waals surface area contributed by atoms with Gasteiger partial charge in [-0.3, -0.25) is 0 Å². The number of carbonyl (C=O) groups excluding carboxylic acids is 1. The van der Waals surface area contributed by atoms with Gasteiger partial charge in [0.05, 0.1) is 4.47 Å². The van der Waals surface area contributed by atoms with Crippen LogP contribution in [-0.2, 0) is 16.0 Å². The van der Waals surface area contributed by atoms with Crippen molar-refractivity contribution in [2.24, 2.45) is 0 Å². The number of phenols is 1. The Morgan fingerprint density at radius 1 is 1.36 bits per heavy atom. The van der Waals surface area contributed by atoms with Crippen LogP contribution in [0.1, 0.15) is 31.9 Å². The van der Waals surface area contributed by atoms with E-state index in [0.717, 1.165) is 5.56 Å². The van der Waals surface area contributed by atoms with E-state index in [2.05, 4.69) is 21.2 Å². The lowest BCUT2D eigenvalue weighted by molar-refractivity contribution is -0.139. The molecule has 1 rings (SSSR count). The molecule has 0 saturated heterocycles. The summed E-state index contributed by atoms with van der Waals surface area (Å²) in [7, 11) is 0. The van der Waals surface area contributed by atoms with Crippen molar-refractivity contribution in [3.05, 3.63) is 27.7 Å². The first-order valence-corrected chi connectivity index (χ1v) is 7.49. The Balaban J connectivity index is 2.90. The normalized spacial score (nSPS) is 12.6. The molecule has 7 heteroatoms. The third-order valence-electron chi connectivity index (χ3n) is 2.70. The number of alkyl carbamates (subject to hydrolysis) is 1. The summed E-state index contributed by atoms with van der Waals surface area (Å²) >= 11 is 3.20. The molecule has 1 amide bonds.